The summed E-state index contributed by atoms with van der Waals surface area (Å²) in [5.74, 6) is -0.158. The maximum atomic E-state index is 12.8. The molecule has 2 aromatic carbocycles. The second kappa shape index (κ2) is 10.2. The molecule has 1 N–H and O–H groups in total. The van der Waals surface area contributed by atoms with Crippen LogP contribution in [0.2, 0.25) is 0 Å². The van der Waals surface area contributed by atoms with E-state index in [0.29, 0.717) is 6.42 Å². The summed E-state index contributed by atoms with van der Waals surface area (Å²) in [5.41, 5.74) is -0.299. The van der Waals surface area contributed by atoms with E-state index in [1.807, 2.05) is 43.3 Å². The van der Waals surface area contributed by atoms with E-state index in [2.05, 4.69) is 10.2 Å². The third-order valence-electron chi connectivity index (χ3n) is 4.87. The number of nitro groups is 1. The van der Waals surface area contributed by atoms with E-state index in [-0.39, 0.29) is 47.1 Å². The van der Waals surface area contributed by atoms with Crippen LogP contribution in [0.4, 0.5) is 17.1 Å². The Morgan fingerprint density at radius 3 is 2.58 bits per heavy atom. The van der Waals surface area contributed by atoms with Gasteiger partial charge in [-0.1, -0.05) is 37.3 Å². The fraction of sp³-hybridized carbons (Fsp3) is 0.217. The van der Waals surface area contributed by atoms with Crippen molar-refractivity contribution in [3.63, 3.8) is 0 Å². The lowest BCUT2D eigenvalue weighted by atomic mass is 10.1. The second-order valence-electron chi connectivity index (χ2n) is 7.12. The summed E-state index contributed by atoms with van der Waals surface area (Å²) in [4.78, 5) is 23.7. The lowest BCUT2D eigenvalue weighted by Gasteiger charge is -2.12. The summed E-state index contributed by atoms with van der Waals surface area (Å²) < 4.78 is 6.67. The molecule has 0 amide bonds. The molecule has 3 aromatic rings. The number of nitro benzene ring substituents is 1. The standard InChI is InChI=1S/C23H21N5O5/c1-3-11-27-22(29)18(13-24)15(2)21(23(27)30)26-25-19-10-9-17(12-20(19)28(31)32)33-14-16-7-5-4-6-8-16/h4-10,12,29H,3,11,14H2,1-2H3. The predicted octanol–water partition coefficient (Wildman–Crippen LogP) is 5.05. The number of rotatable bonds is 8. The van der Waals surface area contributed by atoms with Crippen molar-refractivity contribution < 1.29 is 14.8 Å². The van der Waals surface area contributed by atoms with Gasteiger partial charge in [0.15, 0.2) is 11.4 Å². The van der Waals surface area contributed by atoms with Crippen LogP contribution in [0.1, 0.15) is 30.0 Å². The van der Waals surface area contributed by atoms with Gasteiger partial charge in [0.25, 0.3) is 11.2 Å². The molecule has 168 valence electrons. The Kier molecular flexibility index (Phi) is 7.15. The number of ether oxygens (including phenoxy) is 1. The number of nitrogens with zero attached hydrogens (tertiary/aromatic N) is 5. The summed E-state index contributed by atoms with van der Waals surface area (Å²) in [6.45, 7) is 3.68. The molecule has 0 aliphatic rings. The van der Waals surface area contributed by atoms with Gasteiger partial charge in [-0.3, -0.25) is 19.5 Å². The maximum absolute atomic E-state index is 12.8. The van der Waals surface area contributed by atoms with Crippen molar-refractivity contribution in [3.8, 4) is 17.7 Å². The average molecular weight is 447 g/mol. The number of nitriles is 1. The number of benzene rings is 2. The molecule has 0 bridgehead atoms. The second-order valence-corrected chi connectivity index (χ2v) is 7.12. The monoisotopic (exact) mass is 447 g/mol. The van der Waals surface area contributed by atoms with E-state index in [0.717, 1.165) is 10.1 Å². The molecule has 10 nitrogen and oxygen atoms in total. The highest BCUT2D eigenvalue weighted by Gasteiger charge is 2.20. The Labute approximate surface area is 189 Å². The SMILES string of the molecule is CCCn1c(O)c(C#N)c(C)c(N=Nc2ccc(OCc3ccccc3)cc2[N+](=O)[O-])c1=O. The molecule has 0 spiro atoms. The van der Waals surface area contributed by atoms with E-state index in [1.54, 1.807) is 0 Å². The zero-order valence-electron chi connectivity index (χ0n) is 18.1. The molecule has 0 radical (unpaired) electrons. The highest BCUT2D eigenvalue weighted by atomic mass is 16.6. The summed E-state index contributed by atoms with van der Waals surface area (Å²) in [7, 11) is 0. The Balaban J connectivity index is 1.97. The molecule has 0 aliphatic carbocycles. The van der Waals surface area contributed by atoms with E-state index < -0.39 is 16.4 Å². The van der Waals surface area contributed by atoms with E-state index in [1.165, 1.54) is 25.1 Å². The first-order valence-corrected chi connectivity index (χ1v) is 10.1. The van der Waals surface area contributed by atoms with Gasteiger partial charge in [-0.15, -0.1) is 10.2 Å². The Morgan fingerprint density at radius 2 is 1.94 bits per heavy atom. The van der Waals surface area contributed by atoms with Crippen LogP contribution in [-0.2, 0) is 13.2 Å². The molecule has 33 heavy (non-hydrogen) atoms. The zero-order chi connectivity index (χ0) is 24.0. The van der Waals surface area contributed by atoms with Crippen LogP contribution in [-0.4, -0.2) is 14.6 Å². The fourth-order valence-electron chi connectivity index (χ4n) is 3.16. The third-order valence-corrected chi connectivity index (χ3v) is 4.87. The molecule has 1 heterocycles. The van der Waals surface area contributed by atoms with Crippen molar-refractivity contribution in [2.45, 2.75) is 33.4 Å². The molecule has 0 unspecified atom stereocenters. The maximum Gasteiger partial charge on any atom is 0.300 e. The molecular formula is C23H21N5O5. The van der Waals surface area contributed by atoms with Crippen LogP contribution in [0, 0.1) is 28.4 Å². The van der Waals surface area contributed by atoms with Crippen LogP contribution in [0.15, 0.2) is 63.6 Å². The van der Waals surface area contributed by atoms with Gasteiger partial charge in [0, 0.05) is 12.1 Å². The van der Waals surface area contributed by atoms with Crippen LogP contribution in [0.3, 0.4) is 0 Å². The first-order chi connectivity index (χ1) is 15.9. The van der Waals surface area contributed by atoms with Gasteiger partial charge >= 0.3 is 0 Å². The van der Waals surface area contributed by atoms with Crippen LogP contribution in [0.5, 0.6) is 11.6 Å². The molecule has 10 heteroatoms. The smallest absolute Gasteiger partial charge is 0.300 e. The van der Waals surface area contributed by atoms with Crippen molar-refractivity contribution in [2.24, 2.45) is 10.2 Å². The van der Waals surface area contributed by atoms with Gasteiger partial charge in [-0.05, 0) is 31.0 Å². The van der Waals surface area contributed by atoms with Crippen molar-refractivity contribution in [3.05, 3.63) is 85.7 Å². The number of aromatic nitrogens is 1. The summed E-state index contributed by atoms with van der Waals surface area (Å²) in [6, 6.07) is 15.3. The lowest BCUT2D eigenvalue weighted by Crippen LogP contribution is -2.21. The minimum atomic E-state index is -0.639. The fourth-order valence-corrected chi connectivity index (χ4v) is 3.16. The minimum absolute atomic E-state index is 0.0838. The largest absolute Gasteiger partial charge is 0.493 e. The molecule has 0 saturated heterocycles. The molecule has 3 rings (SSSR count). The predicted molar refractivity (Wildman–Crippen MR) is 120 cm³/mol. The van der Waals surface area contributed by atoms with E-state index in [9.17, 15) is 25.3 Å². The molecule has 0 aliphatic heterocycles. The molecular weight excluding hydrogens is 426 g/mol. The Hall–Kier alpha value is -4.52. The van der Waals surface area contributed by atoms with Crippen molar-refractivity contribution in [1.29, 1.82) is 5.26 Å². The van der Waals surface area contributed by atoms with Gasteiger partial charge in [-0.25, -0.2) is 0 Å². The van der Waals surface area contributed by atoms with Crippen molar-refractivity contribution in [1.82, 2.24) is 4.57 Å². The van der Waals surface area contributed by atoms with E-state index >= 15 is 0 Å². The lowest BCUT2D eigenvalue weighted by molar-refractivity contribution is -0.384. The van der Waals surface area contributed by atoms with Gasteiger partial charge in [0.05, 0.1) is 11.0 Å². The van der Waals surface area contributed by atoms with E-state index in [4.69, 9.17) is 4.74 Å². The van der Waals surface area contributed by atoms with Gasteiger partial charge in [0.2, 0.25) is 5.88 Å². The number of pyridine rings is 1. The van der Waals surface area contributed by atoms with Gasteiger partial charge < -0.3 is 9.84 Å². The minimum Gasteiger partial charge on any atom is -0.493 e. The molecule has 1 aromatic heterocycles. The third kappa shape index (κ3) is 5.04. The summed E-state index contributed by atoms with van der Waals surface area (Å²) in [5, 5.41) is 39.0. The molecule has 0 saturated carbocycles. The first-order valence-electron chi connectivity index (χ1n) is 10.1. The van der Waals surface area contributed by atoms with Crippen LogP contribution < -0.4 is 10.3 Å². The average Bonchev–Trinajstić information content (AvgIpc) is 2.81. The van der Waals surface area contributed by atoms with Gasteiger partial charge in [0.1, 0.15) is 24.0 Å². The Bertz CT molecular complexity index is 1310. The van der Waals surface area contributed by atoms with Gasteiger partial charge in [-0.2, -0.15) is 5.26 Å². The van der Waals surface area contributed by atoms with Crippen molar-refractivity contribution >= 4 is 17.1 Å². The topological polar surface area (TPSA) is 143 Å². The quantitative estimate of drug-likeness (QED) is 0.291. The van der Waals surface area contributed by atoms with Crippen LogP contribution in [0.25, 0.3) is 0 Å². The first kappa shape index (κ1) is 23.1. The Morgan fingerprint density at radius 1 is 1.21 bits per heavy atom. The summed E-state index contributed by atoms with van der Waals surface area (Å²) >= 11 is 0. The highest BCUT2D eigenvalue weighted by molar-refractivity contribution is 5.61. The number of hydrogen-bond acceptors (Lipinski definition) is 8. The summed E-state index contributed by atoms with van der Waals surface area (Å²) in [6.07, 6.45) is 0.536. The number of azo groups is 1. The normalized spacial score (nSPS) is 10.8. The van der Waals surface area contributed by atoms with Crippen molar-refractivity contribution in [2.75, 3.05) is 0 Å². The van der Waals surface area contributed by atoms with Crippen LogP contribution >= 0.6 is 0 Å². The highest BCUT2D eigenvalue weighted by Crippen LogP contribution is 2.34. The zero-order valence-corrected chi connectivity index (χ0v) is 18.1. The molecule has 0 fully saturated rings. The molecule has 0 atom stereocenters. The number of hydrogen-bond donors (Lipinski definition) is 1. The number of aromatic hydroxyl groups is 1.